The molecular weight excluding hydrogens is 270 g/mol. The van der Waals surface area contributed by atoms with Gasteiger partial charge < -0.3 is 19.5 Å². The van der Waals surface area contributed by atoms with Crippen LogP contribution in [0.15, 0.2) is 12.7 Å². The van der Waals surface area contributed by atoms with Crippen LogP contribution in [0.5, 0.6) is 0 Å². The monoisotopic (exact) mass is 301 g/mol. The van der Waals surface area contributed by atoms with E-state index in [0.29, 0.717) is 12.5 Å². The van der Waals surface area contributed by atoms with Crippen LogP contribution in [0.2, 0.25) is 0 Å². The van der Waals surface area contributed by atoms with Gasteiger partial charge in [-0.15, -0.1) is 6.58 Å². The average molecular weight is 301 g/mol. The van der Waals surface area contributed by atoms with Crippen LogP contribution in [-0.4, -0.2) is 38.7 Å². The van der Waals surface area contributed by atoms with Crippen LogP contribution in [-0.2, 0) is 14.2 Å². The van der Waals surface area contributed by atoms with E-state index in [1.165, 1.54) is 0 Å². The number of ether oxygens (including phenoxy) is 3. The molecule has 0 aromatic carbocycles. The quantitative estimate of drug-likeness (QED) is 0.381. The molecule has 0 aromatic rings. The normalized spacial score (nSPS) is 13.0. The summed E-state index contributed by atoms with van der Waals surface area (Å²) >= 11 is 0. The van der Waals surface area contributed by atoms with Crippen molar-refractivity contribution in [1.29, 1.82) is 0 Å². The Morgan fingerprint density at radius 3 is 2.33 bits per heavy atom. The van der Waals surface area contributed by atoms with Crippen LogP contribution in [0.4, 0.5) is 4.79 Å². The zero-order chi connectivity index (χ0) is 16.3. The molecule has 0 aliphatic rings. The lowest BCUT2D eigenvalue weighted by Crippen LogP contribution is -2.33. The van der Waals surface area contributed by atoms with Crippen molar-refractivity contribution in [3.05, 3.63) is 12.7 Å². The summed E-state index contributed by atoms with van der Waals surface area (Å²) in [5, 5.41) is 2.76. The molecule has 0 aliphatic carbocycles. The number of hydrogen-bond acceptors (Lipinski definition) is 4. The highest BCUT2D eigenvalue weighted by atomic mass is 16.7. The lowest BCUT2D eigenvalue weighted by Gasteiger charge is -2.20. The molecule has 1 amide bonds. The average Bonchev–Trinajstić information content (AvgIpc) is 2.40. The van der Waals surface area contributed by atoms with E-state index in [1.807, 2.05) is 26.8 Å². The number of unbranched alkanes of at least 4 members (excludes halogenated alkanes) is 1. The molecule has 124 valence electrons. The number of allylic oxidation sites excluding steroid dienone is 1. The Balaban J connectivity index is 3.77. The summed E-state index contributed by atoms with van der Waals surface area (Å²) in [5.41, 5.74) is -0.451. The summed E-state index contributed by atoms with van der Waals surface area (Å²) in [6, 6.07) is 0. The molecule has 0 radical (unpaired) electrons. The topological polar surface area (TPSA) is 56.8 Å². The van der Waals surface area contributed by atoms with Gasteiger partial charge in [0.1, 0.15) is 5.60 Å². The van der Waals surface area contributed by atoms with Crippen molar-refractivity contribution in [2.24, 2.45) is 5.92 Å². The molecule has 0 unspecified atom stereocenters. The Kier molecular flexibility index (Phi) is 10.1. The van der Waals surface area contributed by atoms with Gasteiger partial charge in [-0.05, 0) is 39.5 Å². The number of hydrogen-bond donors (Lipinski definition) is 1. The molecule has 0 saturated heterocycles. The van der Waals surface area contributed by atoms with Gasteiger partial charge in [-0.2, -0.15) is 0 Å². The van der Waals surface area contributed by atoms with E-state index in [-0.39, 0.29) is 12.4 Å². The number of amides is 1. The highest BCUT2D eigenvalue weighted by Crippen LogP contribution is 2.17. The maximum Gasteiger partial charge on any atom is 0.407 e. The minimum absolute atomic E-state index is 0.187. The molecule has 0 aliphatic heterocycles. The van der Waals surface area contributed by atoms with Gasteiger partial charge in [0.2, 0.25) is 0 Å². The first-order valence-electron chi connectivity index (χ1n) is 7.47. The van der Waals surface area contributed by atoms with Gasteiger partial charge >= 0.3 is 6.09 Å². The lowest BCUT2D eigenvalue weighted by atomic mass is 9.98. The Bertz CT molecular complexity index is 295. The standard InChI is InChI=1S/C16H31NO4/c1-7-13(12-14(19-5)20-6)10-8-9-11-17-15(18)21-16(2,3)4/h7,13-14H,1,8-12H2,2-6H3,(H,17,18)/t13-/m1/s1. The molecule has 5 heteroatoms. The fraction of sp³-hybridized carbons (Fsp3) is 0.812. The van der Waals surface area contributed by atoms with Crippen LogP contribution in [0, 0.1) is 5.92 Å². The summed E-state index contributed by atoms with van der Waals surface area (Å²) in [4.78, 5) is 11.5. The Hall–Kier alpha value is -1.07. The van der Waals surface area contributed by atoms with E-state index in [0.717, 1.165) is 25.7 Å². The Morgan fingerprint density at radius 2 is 1.86 bits per heavy atom. The summed E-state index contributed by atoms with van der Waals surface area (Å²) in [7, 11) is 3.28. The molecule has 0 spiro atoms. The second-order valence-corrected chi connectivity index (χ2v) is 6.06. The molecule has 5 nitrogen and oxygen atoms in total. The summed E-state index contributed by atoms with van der Waals surface area (Å²) in [6.45, 7) is 10.0. The first-order chi connectivity index (χ1) is 9.82. The number of carbonyl (C=O) groups is 1. The molecule has 0 saturated carbocycles. The van der Waals surface area contributed by atoms with Crippen molar-refractivity contribution >= 4 is 6.09 Å². The van der Waals surface area contributed by atoms with Crippen molar-refractivity contribution in [3.8, 4) is 0 Å². The fourth-order valence-corrected chi connectivity index (χ4v) is 1.90. The molecule has 0 aromatic heterocycles. The van der Waals surface area contributed by atoms with E-state index in [9.17, 15) is 4.79 Å². The van der Waals surface area contributed by atoms with Crippen LogP contribution < -0.4 is 5.32 Å². The molecule has 0 bridgehead atoms. The molecule has 1 atom stereocenters. The number of nitrogens with one attached hydrogen (secondary N) is 1. The minimum atomic E-state index is -0.451. The van der Waals surface area contributed by atoms with Crippen molar-refractivity contribution in [2.45, 2.75) is 58.3 Å². The first-order valence-corrected chi connectivity index (χ1v) is 7.47. The van der Waals surface area contributed by atoms with Gasteiger partial charge in [-0.3, -0.25) is 0 Å². The predicted molar refractivity (Wildman–Crippen MR) is 84.2 cm³/mol. The van der Waals surface area contributed by atoms with Gasteiger partial charge in [-0.1, -0.05) is 12.5 Å². The van der Waals surface area contributed by atoms with E-state index < -0.39 is 5.60 Å². The van der Waals surface area contributed by atoms with Crippen LogP contribution in [0.3, 0.4) is 0 Å². The third-order valence-corrected chi connectivity index (χ3v) is 3.02. The zero-order valence-corrected chi connectivity index (χ0v) is 14.1. The van der Waals surface area contributed by atoms with Gasteiger partial charge in [0, 0.05) is 27.2 Å². The predicted octanol–water partition coefficient (Wildman–Crippen LogP) is 3.49. The smallest absolute Gasteiger partial charge is 0.407 e. The highest BCUT2D eigenvalue weighted by Gasteiger charge is 2.16. The molecule has 1 N–H and O–H groups in total. The van der Waals surface area contributed by atoms with Gasteiger partial charge in [0.25, 0.3) is 0 Å². The highest BCUT2D eigenvalue weighted by molar-refractivity contribution is 5.67. The van der Waals surface area contributed by atoms with Crippen molar-refractivity contribution < 1.29 is 19.0 Å². The summed E-state index contributed by atoms with van der Waals surface area (Å²) in [5.74, 6) is 0.358. The zero-order valence-electron chi connectivity index (χ0n) is 14.1. The lowest BCUT2D eigenvalue weighted by molar-refractivity contribution is -0.111. The van der Waals surface area contributed by atoms with Crippen molar-refractivity contribution in [3.63, 3.8) is 0 Å². The van der Waals surface area contributed by atoms with E-state index >= 15 is 0 Å². The molecule has 0 heterocycles. The number of methoxy groups -OCH3 is 2. The summed E-state index contributed by atoms with van der Waals surface area (Å²) in [6.07, 6.45) is 5.11. The number of rotatable bonds is 10. The van der Waals surface area contributed by atoms with Crippen molar-refractivity contribution in [2.75, 3.05) is 20.8 Å². The van der Waals surface area contributed by atoms with Gasteiger partial charge in [0.05, 0.1) is 0 Å². The minimum Gasteiger partial charge on any atom is -0.444 e. The molecule has 0 fully saturated rings. The fourth-order valence-electron chi connectivity index (χ4n) is 1.90. The van der Waals surface area contributed by atoms with Gasteiger partial charge in [-0.25, -0.2) is 4.79 Å². The van der Waals surface area contributed by atoms with Gasteiger partial charge in [0.15, 0.2) is 6.29 Å². The number of carbonyl (C=O) groups excluding carboxylic acids is 1. The van der Waals surface area contributed by atoms with E-state index in [1.54, 1.807) is 14.2 Å². The maximum atomic E-state index is 11.5. The van der Waals surface area contributed by atoms with Crippen molar-refractivity contribution in [1.82, 2.24) is 5.32 Å². The second-order valence-electron chi connectivity index (χ2n) is 6.06. The van der Waals surface area contributed by atoms with E-state index in [4.69, 9.17) is 14.2 Å². The molecule has 21 heavy (non-hydrogen) atoms. The maximum absolute atomic E-state index is 11.5. The Labute approximate surface area is 129 Å². The second kappa shape index (κ2) is 10.6. The molecular formula is C16H31NO4. The molecule has 0 rings (SSSR count). The Morgan fingerprint density at radius 1 is 1.24 bits per heavy atom. The third-order valence-electron chi connectivity index (χ3n) is 3.02. The van der Waals surface area contributed by atoms with Crippen LogP contribution in [0.25, 0.3) is 0 Å². The summed E-state index contributed by atoms with van der Waals surface area (Å²) < 4.78 is 15.6. The van der Waals surface area contributed by atoms with Crippen LogP contribution in [0.1, 0.15) is 46.5 Å². The SMILES string of the molecule is C=C[C@H](CCCCNC(=O)OC(C)(C)C)CC(OC)OC. The third kappa shape index (κ3) is 11.3. The van der Waals surface area contributed by atoms with Crippen LogP contribution >= 0.6 is 0 Å². The van der Waals surface area contributed by atoms with E-state index in [2.05, 4.69) is 11.9 Å². The first kappa shape index (κ1) is 19.9. The largest absolute Gasteiger partial charge is 0.444 e. The number of alkyl carbamates (subject to hydrolysis) is 1.